The molecule has 1 heterocycles. The average Bonchev–Trinajstić information content (AvgIpc) is 2.61. The minimum absolute atomic E-state index is 0.00690. The van der Waals surface area contributed by atoms with Crippen LogP contribution in [0.4, 0.5) is 0 Å². The molecule has 0 saturated carbocycles. The number of rotatable bonds is 7. The van der Waals surface area contributed by atoms with Gasteiger partial charge in [0.15, 0.2) is 0 Å². The van der Waals surface area contributed by atoms with Crippen LogP contribution < -0.4 is 5.32 Å². The van der Waals surface area contributed by atoms with Gasteiger partial charge >= 0.3 is 5.97 Å². The number of tetrazole rings is 1. The third-order valence-electron chi connectivity index (χ3n) is 2.55. The van der Waals surface area contributed by atoms with Crippen molar-refractivity contribution in [1.29, 1.82) is 0 Å². The molecule has 0 unspecified atom stereocenters. The molecule has 0 spiro atoms. The number of aryl methyl sites for hydroxylation is 1. The van der Waals surface area contributed by atoms with Gasteiger partial charge in [0.2, 0.25) is 5.91 Å². The van der Waals surface area contributed by atoms with Gasteiger partial charge in [-0.1, -0.05) is 13.8 Å². The molecule has 0 radical (unpaired) electrons. The van der Waals surface area contributed by atoms with Gasteiger partial charge in [-0.3, -0.25) is 9.59 Å². The second-order valence-corrected chi connectivity index (χ2v) is 4.88. The van der Waals surface area contributed by atoms with Crippen molar-refractivity contribution in [3.8, 4) is 0 Å². The topological polar surface area (TPSA) is 110 Å². The van der Waals surface area contributed by atoms with Gasteiger partial charge in [-0.15, -0.1) is 5.10 Å². The van der Waals surface area contributed by atoms with E-state index in [0.29, 0.717) is 18.2 Å². The Morgan fingerprint density at radius 1 is 1.42 bits per heavy atom. The standard InChI is InChI=1S/C11H19N5O3/c1-7(2)4-9(5-11(18)19)12-10(17)6-16-8(3)13-14-15-16/h7,9H,4-6H2,1-3H3,(H,12,17)(H,18,19)/t9-/m0/s1. The van der Waals surface area contributed by atoms with E-state index in [1.807, 2.05) is 13.8 Å². The van der Waals surface area contributed by atoms with Crippen LogP contribution >= 0.6 is 0 Å². The Kier molecular flexibility index (Phi) is 5.40. The number of carboxylic acids is 1. The molecule has 106 valence electrons. The van der Waals surface area contributed by atoms with Crippen molar-refractivity contribution in [2.45, 2.75) is 46.2 Å². The van der Waals surface area contributed by atoms with Gasteiger partial charge in [0.25, 0.3) is 0 Å². The summed E-state index contributed by atoms with van der Waals surface area (Å²) in [5.41, 5.74) is 0. The Hall–Kier alpha value is -1.99. The van der Waals surface area contributed by atoms with Crippen molar-refractivity contribution in [2.75, 3.05) is 0 Å². The number of nitrogens with zero attached hydrogens (tertiary/aromatic N) is 4. The predicted octanol–water partition coefficient (Wildman–Crippen LogP) is -0.0129. The Morgan fingerprint density at radius 3 is 2.58 bits per heavy atom. The smallest absolute Gasteiger partial charge is 0.305 e. The van der Waals surface area contributed by atoms with Crippen LogP contribution in [0.3, 0.4) is 0 Å². The zero-order chi connectivity index (χ0) is 14.4. The highest BCUT2D eigenvalue weighted by Gasteiger charge is 2.18. The molecule has 2 N–H and O–H groups in total. The van der Waals surface area contributed by atoms with Crippen LogP contribution in [-0.2, 0) is 16.1 Å². The summed E-state index contributed by atoms with van der Waals surface area (Å²) < 4.78 is 1.36. The quantitative estimate of drug-likeness (QED) is 0.720. The highest BCUT2D eigenvalue weighted by Crippen LogP contribution is 2.08. The molecule has 0 saturated heterocycles. The van der Waals surface area contributed by atoms with E-state index >= 15 is 0 Å². The van der Waals surface area contributed by atoms with E-state index in [4.69, 9.17) is 5.11 Å². The van der Waals surface area contributed by atoms with Gasteiger partial charge in [-0.25, -0.2) is 4.68 Å². The number of hydrogen-bond donors (Lipinski definition) is 2. The Bertz CT molecular complexity index is 443. The highest BCUT2D eigenvalue weighted by molar-refractivity contribution is 5.77. The molecule has 0 aromatic carbocycles. The molecule has 1 aromatic heterocycles. The average molecular weight is 269 g/mol. The van der Waals surface area contributed by atoms with Crippen molar-refractivity contribution in [1.82, 2.24) is 25.5 Å². The second kappa shape index (κ2) is 6.81. The number of aliphatic carboxylic acids is 1. The number of carbonyl (C=O) groups excluding carboxylic acids is 1. The molecular weight excluding hydrogens is 250 g/mol. The first-order valence-corrected chi connectivity index (χ1v) is 6.12. The first-order valence-electron chi connectivity index (χ1n) is 6.12. The van der Waals surface area contributed by atoms with Crippen molar-refractivity contribution in [3.05, 3.63) is 5.82 Å². The lowest BCUT2D eigenvalue weighted by molar-refractivity contribution is -0.137. The number of aromatic nitrogens is 4. The minimum atomic E-state index is -0.926. The first-order chi connectivity index (χ1) is 8.88. The number of nitrogens with one attached hydrogen (secondary N) is 1. The van der Waals surface area contributed by atoms with Crippen molar-refractivity contribution >= 4 is 11.9 Å². The zero-order valence-electron chi connectivity index (χ0n) is 11.3. The molecule has 8 heteroatoms. The lowest BCUT2D eigenvalue weighted by Gasteiger charge is -2.18. The number of hydrogen-bond acceptors (Lipinski definition) is 5. The van der Waals surface area contributed by atoms with Gasteiger partial charge in [0, 0.05) is 6.04 Å². The van der Waals surface area contributed by atoms with E-state index in [0.717, 1.165) is 0 Å². The van der Waals surface area contributed by atoms with Crippen molar-refractivity contribution in [2.24, 2.45) is 5.92 Å². The molecule has 0 aliphatic heterocycles. The molecule has 19 heavy (non-hydrogen) atoms. The summed E-state index contributed by atoms with van der Waals surface area (Å²) in [7, 11) is 0. The summed E-state index contributed by atoms with van der Waals surface area (Å²) in [5.74, 6) is -0.375. The lowest BCUT2D eigenvalue weighted by Crippen LogP contribution is -2.39. The van der Waals surface area contributed by atoms with Crippen LogP contribution in [0.25, 0.3) is 0 Å². The van der Waals surface area contributed by atoms with E-state index in [-0.39, 0.29) is 24.9 Å². The normalized spacial score (nSPS) is 12.4. The van der Waals surface area contributed by atoms with Gasteiger partial charge < -0.3 is 10.4 Å². The van der Waals surface area contributed by atoms with E-state index in [1.54, 1.807) is 6.92 Å². The Labute approximate surface area is 111 Å². The summed E-state index contributed by atoms with van der Waals surface area (Å²) in [6.45, 7) is 5.64. The summed E-state index contributed by atoms with van der Waals surface area (Å²) in [6.07, 6.45) is 0.533. The lowest BCUT2D eigenvalue weighted by atomic mass is 10.0. The largest absolute Gasteiger partial charge is 0.481 e. The molecule has 1 rings (SSSR count). The predicted molar refractivity (Wildman–Crippen MR) is 66.2 cm³/mol. The van der Waals surface area contributed by atoms with Gasteiger partial charge in [-0.2, -0.15) is 0 Å². The molecule has 0 aliphatic rings. The van der Waals surface area contributed by atoms with Gasteiger partial charge in [0.1, 0.15) is 12.4 Å². The number of carbonyl (C=O) groups is 2. The van der Waals surface area contributed by atoms with Crippen molar-refractivity contribution in [3.63, 3.8) is 0 Å². The Balaban J connectivity index is 2.55. The molecule has 8 nitrogen and oxygen atoms in total. The summed E-state index contributed by atoms with van der Waals surface area (Å²) >= 11 is 0. The van der Waals surface area contributed by atoms with Crippen LogP contribution in [0.15, 0.2) is 0 Å². The molecule has 1 atom stereocenters. The van der Waals surface area contributed by atoms with E-state index in [9.17, 15) is 9.59 Å². The highest BCUT2D eigenvalue weighted by atomic mass is 16.4. The number of carboxylic acid groups (broad SMARTS) is 1. The molecule has 0 fully saturated rings. The summed E-state index contributed by atoms with van der Waals surface area (Å²) in [6, 6.07) is -0.373. The molecule has 1 amide bonds. The van der Waals surface area contributed by atoms with Crippen LogP contribution in [0.2, 0.25) is 0 Å². The van der Waals surface area contributed by atoms with Crippen LogP contribution in [-0.4, -0.2) is 43.2 Å². The SMILES string of the molecule is Cc1nnnn1CC(=O)N[C@H](CC(=O)O)CC(C)C. The zero-order valence-corrected chi connectivity index (χ0v) is 11.3. The number of amides is 1. The fourth-order valence-corrected chi connectivity index (χ4v) is 1.78. The van der Waals surface area contributed by atoms with Gasteiger partial charge in [0.05, 0.1) is 6.42 Å². The van der Waals surface area contributed by atoms with Gasteiger partial charge in [-0.05, 0) is 29.7 Å². The monoisotopic (exact) mass is 269 g/mol. The van der Waals surface area contributed by atoms with E-state index in [2.05, 4.69) is 20.8 Å². The van der Waals surface area contributed by atoms with Crippen LogP contribution in [0.5, 0.6) is 0 Å². The minimum Gasteiger partial charge on any atom is -0.481 e. The third kappa shape index (κ3) is 5.45. The molecule has 0 aliphatic carbocycles. The van der Waals surface area contributed by atoms with Crippen LogP contribution in [0, 0.1) is 12.8 Å². The maximum absolute atomic E-state index is 11.8. The maximum atomic E-state index is 11.8. The summed E-state index contributed by atoms with van der Waals surface area (Å²) in [4.78, 5) is 22.6. The fourth-order valence-electron chi connectivity index (χ4n) is 1.78. The Morgan fingerprint density at radius 2 is 2.11 bits per heavy atom. The van der Waals surface area contributed by atoms with E-state index < -0.39 is 5.97 Å². The molecule has 1 aromatic rings. The third-order valence-corrected chi connectivity index (χ3v) is 2.55. The summed E-state index contributed by atoms with van der Waals surface area (Å²) in [5, 5.41) is 22.3. The van der Waals surface area contributed by atoms with Crippen LogP contribution in [0.1, 0.15) is 32.5 Å². The fraction of sp³-hybridized carbons (Fsp3) is 0.727. The van der Waals surface area contributed by atoms with Crippen molar-refractivity contribution < 1.29 is 14.7 Å². The molecular formula is C11H19N5O3. The second-order valence-electron chi connectivity index (χ2n) is 4.88. The maximum Gasteiger partial charge on any atom is 0.305 e. The first kappa shape index (κ1) is 15.1. The molecule has 0 bridgehead atoms. The van der Waals surface area contributed by atoms with E-state index in [1.165, 1.54) is 4.68 Å².